The van der Waals surface area contributed by atoms with Crippen molar-refractivity contribution in [2.24, 2.45) is 0 Å². The summed E-state index contributed by atoms with van der Waals surface area (Å²) in [6.45, 7) is 0. The normalized spacial score (nSPS) is 24.0. The Morgan fingerprint density at radius 1 is 1.64 bits per heavy atom. The molecule has 14 heavy (non-hydrogen) atoms. The largest absolute Gasteiger partial charge is 0.392 e. The first-order chi connectivity index (χ1) is 6.77. The van der Waals surface area contributed by atoms with Gasteiger partial charge < -0.3 is 5.11 Å². The van der Waals surface area contributed by atoms with Crippen molar-refractivity contribution in [2.45, 2.75) is 30.6 Å². The number of thiophene rings is 1. The summed E-state index contributed by atoms with van der Waals surface area (Å²) in [5.41, 5.74) is 1.09. The molecule has 0 saturated carbocycles. The van der Waals surface area contributed by atoms with Crippen LogP contribution in [0.15, 0.2) is 11.4 Å². The van der Waals surface area contributed by atoms with E-state index >= 15 is 0 Å². The van der Waals surface area contributed by atoms with Gasteiger partial charge >= 0.3 is 0 Å². The second-order valence-corrected chi connectivity index (χ2v) is 6.41. The molecule has 0 aromatic carbocycles. The molecule has 1 N–H and O–H groups in total. The molecule has 78 valence electrons. The van der Waals surface area contributed by atoms with E-state index in [1.165, 1.54) is 23.5 Å². The molecule has 0 radical (unpaired) electrons. The maximum Gasteiger partial charge on any atom is 0.0961 e. The Balaban J connectivity index is 1.93. The lowest BCUT2D eigenvalue weighted by atomic mass is 10.1. The quantitative estimate of drug-likeness (QED) is 0.887. The Labute approximate surface area is 97.5 Å². The molecule has 2 rings (SSSR count). The first-order valence-corrected chi connectivity index (χ1v) is 7.09. The molecule has 2 unspecified atom stereocenters. The lowest BCUT2D eigenvalue weighted by Crippen LogP contribution is -2.22. The van der Waals surface area contributed by atoms with Gasteiger partial charge in [-0.05, 0) is 35.6 Å². The third-order valence-corrected chi connectivity index (χ3v) is 5.27. The molecule has 1 aliphatic rings. The van der Waals surface area contributed by atoms with Gasteiger partial charge in [-0.25, -0.2) is 0 Å². The van der Waals surface area contributed by atoms with E-state index in [0.29, 0.717) is 11.7 Å². The Morgan fingerprint density at radius 2 is 2.50 bits per heavy atom. The third-order valence-electron chi connectivity index (χ3n) is 2.52. The van der Waals surface area contributed by atoms with Crippen molar-refractivity contribution in [2.75, 3.05) is 5.75 Å². The molecule has 1 nitrogen and oxygen atoms in total. The van der Waals surface area contributed by atoms with Gasteiger partial charge in [0, 0.05) is 11.7 Å². The molecule has 4 heteroatoms. The van der Waals surface area contributed by atoms with Crippen LogP contribution in [0.25, 0.3) is 0 Å². The average Bonchev–Trinajstić information content (AvgIpc) is 2.77. The summed E-state index contributed by atoms with van der Waals surface area (Å²) in [5.74, 6) is 1.19. The second kappa shape index (κ2) is 4.88. The van der Waals surface area contributed by atoms with Gasteiger partial charge in [-0.15, -0.1) is 11.3 Å². The molecule has 0 aliphatic carbocycles. The zero-order valence-corrected chi connectivity index (χ0v) is 10.2. The smallest absolute Gasteiger partial charge is 0.0961 e. The molecule has 0 amide bonds. The van der Waals surface area contributed by atoms with E-state index in [-0.39, 0.29) is 6.10 Å². The lowest BCUT2D eigenvalue weighted by Gasteiger charge is -2.16. The van der Waals surface area contributed by atoms with Crippen LogP contribution < -0.4 is 0 Å². The molecule has 0 spiro atoms. The lowest BCUT2D eigenvalue weighted by molar-refractivity contribution is 0.170. The fourth-order valence-corrected chi connectivity index (χ4v) is 3.96. The summed E-state index contributed by atoms with van der Waals surface area (Å²) in [6, 6.07) is 2.01. The number of aliphatic hydroxyl groups excluding tert-OH is 1. The maximum absolute atomic E-state index is 9.97. The highest BCUT2D eigenvalue weighted by Crippen LogP contribution is 2.32. The van der Waals surface area contributed by atoms with E-state index < -0.39 is 0 Å². The maximum atomic E-state index is 9.97. The summed E-state index contributed by atoms with van der Waals surface area (Å²) >= 11 is 9.42. The minimum absolute atomic E-state index is 0.227. The summed E-state index contributed by atoms with van der Waals surface area (Å²) < 4.78 is 0.826. The van der Waals surface area contributed by atoms with Crippen LogP contribution in [0.1, 0.15) is 18.4 Å². The second-order valence-electron chi connectivity index (χ2n) is 3.54. The highest BCUT2D eigenvalue weighted by atomic mass is 35.5. The number of hydrogen-bond donors (Lipinski definition) is 1. The highest BCUT2D eigenvalue weighted by molar-refractivity contribution is 8.00. The van der Waals surface area contributed by atoms with E-state index in [9.17, 15) is 5.11 Å². The Morgan fingerprint density at radius 3 is 3.07 bits per heavy atom. The average molecular weight is 249 g/mol. The summed E-state index contributed by atoms with van der Waals surface area (Å²) in [7, 11) is 0. The molecule has 0 bridgehead atoms. The highest BCUT2D eigenvalue weighted by Gasteiger charge is 2.24. The van der Waals surface area contributed by atoms with Crippen LogP contribution in [0.5, 0.6) is 0 Å². The van der Waals surface area contributed by atoms with Crippen LogP contribution >= 0.6 is 34.7 Å². The first kappa shape index (κ1) is 10.8. The molecule has 1 fully saturated rings. The van der Waals surface area contributed by atoms with Gasteiger partial charge in [0.15, 0.2) is 0 Å². The summed E-state index contributed by atoms with van der Waals surface area (Å²) in [5, 5.41) is 12.4. The van der Waals surface area contributed by atoms with Crippen LogP contribution in [-0.4, -0.2) is 22.2 Å². The number of thioether (sulfide) groups is 1. The van der Waals surface area contributed by atoms with Crippen molar-refractivity contribution in [1.82, 2.24) is 0 Å². The van der Waals surface area contributed by atoms with E-state index in [2.05, 4.69) is 0 Å². The van der Waals surface area contributed by atoms with Crippen molar-refractivity contribution >= 4 is 34.7 Å². The predicted molar refractivity (Wildman–Crippen MR) is 64.5 cm³/mol. The number of hydrogen-bond acceptors (Lipinski definition) is 3. The van der Waals surface area contributed by atoms with Crippen molar-refractivity contribution < 1.29 is 5.11 Å². The van der Waals surface area contributed by atoms with Gasteiger partial charge in [0.25, 0.3) is 0 Å². The Hall–Kier alpha value is 0.300. The van der Waals surface area contributed by atoms with Crippen molar-refractivity contribution in [3.05, 3.63) is 21.3 Å². The van der Waals surface area contributed by atoms with Crippen LogP contribution in [-0.2, 0) is 6.42 Å². The van der Waals surface area contributed by atoms with Gasteiger partial charge in [-0.3, -0.25) is 0 Å². The minimum Gasteiger partial charge on any atom is -0.392 e. The van der Waals surface area contributed by atoms with Crippen LogP contribution in [0.2, 0.25) is 4.34 Å². The van der Waals surface area contributed by atoms with E-state index in [0.717, 1.165) is 16.3 Å². The van der Waals surface area contributed by atoms with Gasteiger partial charge in [0.1, 0.15) is 0 Å². The van der Waals surface area contributed by atoms with E-state index in [1.54, 1.807) is 0 Å². The molecule has 2 atom stereocenters. The van der Waals surface area contributed by atoms with E-state index in [4.69, 9.17) is 11.6 Å². The number of halogens is 1. The fourth-order valence-electron chi connectivity index (χ4n) is 1.73. The van der Waals surface area contributed by atoms with E-state index in [1.807, 2.05) is 23.2 Å². The SMILES string of the molecule is OC(Cc1ccsc1Cl)C1CCCS1. The first-order valence-electron chi connectivity index (χ1n) is 4.79. The zero-order valence-electron chi connectivity index (χ0n) is 7.78. The van der Waals surface area contributed by atoms with Crippen LogP contribution in [0, 0.1) is 0 Å². The molecule has 1 saturated heterocycles. The van der Waals surface area contributed by atoms with Crippen LogP contribution in [0.3, 0.4) is 0 Å². The molecular weight excluding hydrogens is 236 g/mol. The minimum atomic E-state index is -0.227. The summed E-state index contributed by atoms with van der Waals surface area (Å²) in [6.07, 6.45) is 2.87. The third kappa shape index (κ3) is 2.45. The van der Waals surface area contributed by atoms with Gasteiger partial charge in [-0.1, -0.05) is 11.6 Å². The Bertz CT molecular complexity index is 294. The Kier molecular flexibility index (Phi) is 3.77. The zero-order chi connectivity index (χ0) is 9.97. The standard InChI is InChI=1S/C10H13ClOS2/c11-10-7(3-5-14-10)6-8(12)9-2-1-4-13-9/h3,5,8-9,12H,1-2,4,6H2. The van der Waals surface area contributed by atoms with Gasteiger partial charge in [0.2, 0.25) is 0 Å². The van der Waals surface area contributed by atoms with Crippen molar-refractivity contribution in [3.8, 4) is 0 Å². The fraction of sp³-hybridized carbons (Fsp3) is 0.600. The number of aliphatic hydroxyl groups is 1. The van der Waals surface area contributed by atoms with Crippen LogP contribution in [0.4, 0.5) is 0 Å². The molecule has 1 aromatic rings. The van der Waals surface area contributed by atoms with Gasteiger partial charge in [0.05, 0.1) is 10.4 Å². The predicted octanol–water partition coefficient (Wildman–Crippen LogP) is 3.20. The van der Waals surface area contributed by atoms with Crippen molar-refractivity contribution in [3.63, 3.8) is 0 Å². The monoisotopic (exact) mass is 248 g/mol. The van der Waals surface area contributed by atoms with Gasteiger partial charge in [-0.2, -0.15) is 11.8 Å². The molecule has 2 heterocycles. The molecule has 1 aromatic heterocycles. The molecular formula is C10H13ClOS2. The summed E-state index contributed by atoms with van der Waals surface area (Å²) in [4.78, 5) is 0. The topological polar surface area (TPSA) is 20.2 Å². The number of rotatable bonds is 3. The molecule has 1 aliphatic heterocycles. The van der Waals surface area contributed by atoms with Crippen molar-refractivity contribution in [1.29, 1.82) is 0 Å².